The molecule has 1 atom stereocenters. The molecule has 0 radical (unpaired) electrons. The van der Waals surface area contributed by atoms with Crippen LogP contribution in [0.25, 0.3) is 22.4 Å². The average Bonchev–Trinajstić information content (AvgIpc) is 3.36. The van der Waals surface area contributed by atoms with Crippen LogP contribution in [0.3, 0.4) is 0 Å². The molecular weight excluding hydrogens is 520 g/mol. The van der Waals surface area contributed by atoms with Gasteiger partial charge in [-0.1, -0.05) is 0 Å². The molecule has 0 unspecified atom stereocenters. The van der Waals surface area contributed by atoms with Gasteiger partial charge in [0.2, 0.25) is 0 Å². The van der Waals surface area contributed by atoms with Gasteiger partial charge < -0.3 is 24.6 Å². The van der Waals surface area contributed by atoms with Gasteiger partial charge in [-0.2, -0.15) is 18.3 Å². The van der Waals surface area contributed by atoms with Crippen LogP contribution in [0, 0.1) is 12.7 Å². The number of halogens is 4. The molecule has 2 aliphatic rings. The summed E-state index contributed by atoms with van der Waals surface area (Å²) >= 11 is 0. The van der Waals surface area contributed by atoms with E-state index in [4.69, 9.17) is 14.5 Å². The van der Waals surface area contributed by atoms with Crippen LogP contribution in [-0.4, -0.2) is 84.0 Å². The second kappa shape index (κ2) is 10.8. The molecule has 1 N–H and O–H groups in total. The first-order chi connectivity index (χ1) is 18.6. The highest BCUT2D eigenvalue weighted by Crippen LogP contribution is 2.34. The molecule has 1 aromatic carbocycles. The number of ether oxygens (including phenoxy) is 2. The Kier molecular flexibility index (Phi) is 7.45. The molecule has 2 amide bonds. The lowest BCUT2D eigenvalue weighted by atomic mass is 9.98. The van der Waals surface area contributed by atoms with Gasteiger partial charge in [0.15, 0.2) is 6.10 Å². The fraction of sp³-hybridized carbons (Fsp3) is 0.423. The number of benzene rings is 1. The molecule has 9 nitrogen and oxygen atoms in total. The van der Waals surface area contributed by atoms with E-state index >= 15 is 0 Å². The topological polar surface area (TPSA) is 84.8 Å². The van der Waals surface area contributed by atoms with Crippen molar-refractivity contribution in [3.8, 4) is 22.4 Å². The summed E-state index contributed by atoms with van der Waals surface area (Å²) in [6.07, 6.45) is -3.15. The van der Waals surface area contributed by atoms with Crippen molar-refractivity contribution in [1.29, 1.82) is 0 Å². The lowest BCUT2D eigenvalue weighted by molar-refractivity contribution is -0.233. The molecular formula is C26H28F4N6O3. The second-order valence-electron chi connectivity index (χ2n) is 9.53. The quantitative estimate of drug-likeness (QED) is 0.492. The van der Waals surface area contributed by atoms with Crippen molar-refractivity contribution >= 4 is 17.5 Å². The third-order valence-corrected chi connectivity index (χ3v) is 6.73. The number of aromatic nitrogens is 3. The molecule has 3 aromatic rings. The third kappa shape index (κ3) is 5.98. The van der Waals surface area contributed by atoms with E-state index in [0.29, 0.717) is 43.1 Å². The number of pyridine rings is 1. The van der Waals surface area contributed by atoms with E-state index in [9.17, 15) is 22.4 Å². The lowest BCUT2D eigenvalue weighted by Gasteiger charge is -2.33. The van der Waals surface area contributed by atoms with Gasteiger partial charge in [-0.15, -0.1) is 0 Å². The molecule has 2 aromatic heterocycles. The summed E-state index contributed by atoms with van der Waals surface area (Å²) in [5, 5.41) is 6.69. The summed E-state index contributed by atoms with van der Waals surface area (Å²) in [5.74, 6) is 0.0237. The van der Waals surface area contributed by atoms with E-state index in [-0.39, 0.29) is 18.8 Å². The number of anilines is 2. The second-order valence-corrected chi connectivity index (χ2v) is 9.53. The molecule has 0 spiro atoms. The zero-order chi connectivity index (χ0) is 27.7. The van der Waals surface area contributed by atoms with Crippen LogP contribution in [-0.2, 0) is 16.5 Å². The average molecular weight is 549 g/mol. The van der Waals surface area contributed by atoms with Gasteiger partial charge in [-0.25, -0.2) is 14.2 Å². The normalized spacial score (nSPS) is 18.4. The molecule has 0 aliphatic carbocycles. The van der Waals surface area contributed by atoms with Crippen LogP contribution in [0.2, 0.25) is 0 Å². The van der Waals surface area contributed by atoms with Crippen LogP contribution in [0.5, 0.6) is 0 Å². The van der Waals surface area contributed by atoms with Crippen LogP contribution in [0.15, 0.2) is 36.7 Å². The van der Waals surface area contributed by atoms with Crippen molar-refractivity contribution in [3.05, 3.63) is 48.0 Å². The third-order valence-electron chi connectivity index (χ3n) is 6.73. The smallest absolute Gasteiger partial charge is 0.378 e. The van der Waals surface area contributed by atoms with Gasteiger partial charge in [-0.3, -0.25) is 4.68 Å². The van der Waals surface area contributed by atoms with Crippen LogP contribution >= 0.6 is 0 Å². The summed E-state index contributed by atoms with van der Waals surface area (Å²) in [6, 6.07) is 5.72. The minimum atomic E-state index is -4.60. The maximum atomic E-state index is 15.0. The van der Waals surface area contributed by atoms with E-state index in [1.54, 1.807) is 24.9 Å². The van der Waals surface area contributed by atoms with Gasteiger partial charge >= 0.3 is 12.2 Å². The monoisotopic (exact) mass is 548 g/mol. The standard InChI is InChI=1S/C26H28F4N6O3/c1-16-9-20(27)22(33-25(37)36-5-8-39-23(15-36)26(28,29)30)12-19(16)17-10-21(18-13-31-34(2)14-18)32-24(11-17)35-3-6-38-7-4-35/h9-14,23H,3-8,15H2,1-2H3,(H,33,37)/t23-/m0/s1. The number of nitrogens with zero attached hydrogens (tertiary/aromatic N) is 5. The summed E-state index contributed by atoms with van der Waals surface area (Å²) in [6.45, 7) is 3.22. The molecule has 0 saturated carbocycles. The Morgan fingerprint density at radius 1 is 1.08 bits per heavy atom. The molecule has 4 heterocycles. The van der Waals surface area contributed by atoms with E-state index in [2.05, 4.69) is 15.3 Å². The van der Waals surface area contributed by atoms with Crippen molar-refractivity contribution in [2.75, 3.05) is 56.2 Å². The molecule has 0 bridgehead atoms. The largest absolute Gasteiger partial charge is 0.416 e. The van der Waals surface area contributed by atoms with E-state index < -0.39 is 30.7 Å². The number of carbonyl (C=O) groups excluding carboxylic acids is 1. The Balaban J connectivity index is 1.48. The summed E-state index contributed by atoms with van der Waals surface area (Å²) < 4.78 is 66.2. The van der Waals surface area contributed by atoms with Crippen molar-refractivity contribution in [3.63, 3.8) is 0 Å². The number of hydrogen-bond donors (Lipinski definition) is 1. The lowest BCUT2D eigenvalue weighted by Crippen LogP contribution is -2.52. The fourth-order valence-corrected chi connectivity index (χ4v) is 4.63. The van der Waals surface area contributed by atoms with Crippen molar-refractivity contribution < 1.29 is 31.8 Å². The van der Waals surface area contributed by atoms with E-state index in [1.807, 2.05) is 18.3 Å². The maximum absolute atomic E-state index is 15.0. The molecule has 2 fully saturated rings. The Bertz CT molecular complexity index is 1360. The Hall–Kier alpha value is -3.71. The molecule has 2 aliphatic heterocycles. The predicted octanol–water partition coefficient (Wildman–Crippen LogP) is 4.23. The van der Waals surface area contributed by atoms with Gasteiger partial charge in [0.1, 0.15) is 11.6 Å². The molecule has 2 saturated heterocycles. The predicted molar refractivity (Wildman–Crippen MR) is 136 cm³/mol. The SMILES string of the molecule is Cc1cc(F)c(NC(=O)N2CCO[C@H](C(F)(F)F)C2)cc1-c1cc(-c2cnn(C)c2)nc(N2CCOCC2)c1. The fourth-order valence-electron chi connectivity index (χ4n) is 4.63. The number of aryl methyl sites for hydroxylation is 2. The number of morpholine rings is 2. The number of amides is 2. The van der Waals surface area contributed by atoms with Gasteiger partial charge in [0, 0.05) is 38.4 Å². The highest BCUT2D eigenvalue weighted by Gasteiger charge is 2.44. The van der Waals surface area contributed by atoms with Crippen LogP contribution < -0.4 is 10.2 Å². The van der Waals surface area contributed by atoms with Gasteiger partial charge in [-0.05, 0) is 47.9 Å². The van der Waals surface area contributed by atoms with Crippen molar-refractivity contribution in [2.45, 2.75) is 19.2 Å². The number of alkyl halides is 3. The molecule has 39 heavy (non-hydrogen) atoms. The summed E-state index contributed by atoms with van der Waals surface area (Å²) in [4.78, 5) is 20.7. The van der Waals surface area contributed by atoms with E-state index in [0.717, 1.165) is 21.8 Å². The van der Waals surface area contributed by atoms with Crippen molar-refractivity contribution in [1.82, 2.24) is 19.7 Å². The first-order valence-corrected chi connectivity index (χ1v) is 12.5. The van der Waals surface area contributed by atoms with Gasteiger partial charge in [0.05, 0.1) is 43.9 Å². The summed E-state index contributed by atoms with van der Waals surface area (Å²) in [5.41, 5.74) is 3.33. The first kappa shape index (κ1) is 26.9. The molecule has 208 valence electrons. The zero-order valence-corrected chi connectivity index (χ0v) is 21.5. The number of hydrogen-bond acceptors (Lipinski definition) is 6. The number of nitrogens with one attached hydrogen (secondary N) is 1. The number of rotatable bonds is 4. The Labute approximate surface area is 222 Å². The number of carbonyl (C=O) groups is 1. The van der Waals surface area contributed by atoms with Crippen LogP contribution in [0.4, 0.5) is 33.9 Å². The van der Waals surface area contributed by atoms with Gasteiger partial charge in [0.25, 0.3) is 0 Å². The summed E-state index contributed by atoms with van der Waals surface area (Å²) in [7, 11) is 1.81. The highest BCUT2D eigenvalue weighted by molar-refractivity contribution is 5.91. The van der Waals surface area contributed by atoms with E-state index in [1.165, 1.54) is 12.1 Å². The molecule has 13 heteroatoms. The zero-order valence-electron chi connectivity index (χ0n) is 21.5. The van der Waals surface area contributed by atoms with Crippen LogP contribution in [0.1, 0.15) is 5.56 Å². The first-order valence-electron chi connectivity index (χ1n) is 12.5. The maximum Gasteiger partial charge on any atom is 0.416 e. The van der Waals surface area contributed by atoms with Crippen molar-refractivity contribution in [2.24, 2.45) is 7.05 Å². The number of urea groups is 1. The Morgan fingerprint density at radius 2 is 1.85 bits per heavy atom. The Morgan fingerprint density at radius 3 is 2.54 bits per heavy atom. The molecule has 5 rings (SSSR count). The highest BCUT2D eigenvalue weighted by atomic mass is 19.4. The minimum Gasteiger partial charge on any atom is -0.378 e. The minimum absolute atomic E-state index is 0.0412.